The zero-order valence-electron chi connectivity index (χ0n) is 7.52. The molecule has 84 valence electrons. The van der Waals surface area contributed by atoms with Gasteiger partial charge in [0.25, 0.3) is 5.91 Å². The van der Waals surface area contributed by atoms with Gasteiger partial charge in [0.05, 0.1) is 6.20 Å². The monoisotopic (exact) mass is 285 g/mol. The molecule has 0 unspecified atom stereocenters. The summed E-state index contributed by atoms with van der Waals surface area (Å²) in [6, 6.07) is -1.91. The third-order valence-electron chi connectivity index (χ3n) is 1.60. The summed E-state index contributed by atoms with van der Waals surface area (Å²) in [4.78, 5) is 17.2. The molecular formula is C7H7BrF3N3O. The van der Waals surface area contributed by atoms with E-state index >= 15 is 0 Å². The number of amides is 1. The number of halogens is 4. The second-order valence-electron chi connectivity index (χ2n) is 2.82. The van der Waals surface area contributed by atoms with Gasteiger partial charge in [-0.15, -0.1) is 0 Å². The summed E-state index contributed by atoms with van der Waals surface area (Å²) in [5.41, 5.74) is 0. The Kier molecular flexibility index (Phi) is 3.38. The van der Waals surface area contributed by atoms with E-state index in [1.54, 1.807) is 5.32 Å². The minimum atomic E-state index is -4.46. The molecular weight excluding hydrogens is 279 g/mol. The van der Waals surface area contributed by atoms with Crippen LogP contribution < -0.4 is 5.32 Å². The first kappa shape index (κ1) is 12.0. The van der Waals surface area contributed by atoms with Gasteiger partial charge in [0.1, 0.15) is 10.6 Å². The molecule has 0 bridgehead atoms. The number of imidazole rings is 1. The molecule has 1 amide bonds. The summed E-state index contributed by atoms with van der Waals surface area (Å²) in [6.45, 7) is 0.857. The van der Waals surface area contributed by atoms with Crippen molar-refractivity contribution >= 4 is 21.8 Å². The summed E-state index contributed by atoms with van der Waals surface area (Å²) in [7, 11) is 0. The SMILES string of the molecule is C[C@@H](NC(=O)c1ncc(Br)[nH]1)C(F)(F)F. The van der Waals surface area contributed by atoms with Crippen LogP contribution in [0.2, 0.25) is 0 Å². The number of alkyl halides is 3. The number of H-pyrrole nitrogens is 1. The van der Waals surface area contributed by atoms with E-state index in [-0.39, 0.29) is 5.82 Å². The molecule has 1 aromatic rings. The van der Waals surface area contributed by atoms with Crippen LogP contribution in [0.25, 0.3) is 0 Å². The summed E-state index contributed by atoms with van der Waals surface area (Å²) in [5.74, 6) is -1.07. The average molecular weight is 286 g/mol. The Hall–Kier alpha value is -1.05. The number of aromatic nitrogens is 2. The molecule has 0 aromatic carbocycles. The molecule has 1 rings (SSSR count). The van der Waals surface area contributed by atoms with Crippen LogP contribution in [-0.4, -0.2) is 28.1 Å². The lowest BCUT2D eigenvalue weighted by molar-refractivity contribution is -0.149. The predicted octanol–water partition coefficient (Wildman–Crippen LogP) is 1.85. The Morgan fingerprint density at radius 2 is 2.27 bits per heavy atom. The maximum atomic E-state index is 12.1. The molecule has 0 aliphatic heterocycles. The van der Waals surface area contributed by atoms with Crippen molar-refractivity contribution in [3.8, 4) is 0 Å². The largest absolute Gasteiger partial charge is 0.408 e. The lowest BCUT2D eigenvalue weighted by Crippen LogP contribution is -2.43. The van der Waals surface area contributed by atoms with Gasteiger partial charge < -0.3 is 10.3 Å². The van der Waals surface area contributed by atoms with Gasteiger partial charge in [0.2, 0.25) is 0 Å². The van der Waals surface area contributed by atoms with Gasteiger partial charge in [0.15, 0.2) is 5.82 Å². The molecule has 0 aliphatic rings. The van der Waals surface area contributed by atoms with Gasteiger partial charge in [0, 0.05) is 0 Å². The van der Waals surface area contributed by atoms with E-state index in [0.29, 0.717) is 4.60 Å². The number of aromatic amines is 1. The first-order valence-electron chi connectivity index (χ1n) is 3.89. The highest BCUT2D eigenvalue weighted by molar-refractivity contribution is 9.10. The third-order valence-corrected chi connectivity index (χ3v) is 2.00. The van der Waals surface area contributed by atoms with Crippen molar-refractivity contribution in [3.63, 3.8) is 0 Å². The Balaban J connectivity index is 2.64. The van der Waals surface area contributed by atoms with E-state index < -0.39 is 18.1 Å². The van der Waals surface area contributed by atoms with Crippen LogP contribution in [0.4, 0.5) is 13.2 Å². The van der Waals surface area contributed by atoms with E-state index in [9.17, 15) is 18.0 Å². The lowest BCUT2D eigenvalue weighted by Gasteiger charge is -2.16. The van der Waals surface area contributed by atoms with E-state index in [0.717, 1.165) is 6.92 Å². The third kappa shape index (κ3) is 3.22. The number of nitrogens with one attached hydrogen (secondary N) is 2. The molecule has 0 saturated heterocycles. The van der Waals surface area contributed by atoms with Gasteiger partial charge in [-0.3, -0.25) is 4.79 Å². The number of carbonyl (C=O) groups excluding carboxylic acids is 1. The second kappa shape index (κ2) is 4.21. The Morgan fingerprint density at radius 1 is 1.67 bits per heavy atom. The normalized spacial score (nSPS) is 13.7. The van der Waals surface area contributed by atoms with Crippen LogP contribution in [0.15, 0.2) is 10.8 Å². The predicted molar refractivity (Wildman–Crippen MR) is 49.3 cm³/mol. The minimum absolute atomic E-state index is 0.169. The smallest absolute Gasteiger partial charge is 0.338 e. The molecule has 4 nitrogen and oxygen atoms in total. The van der Waals surface area contributed by atoms with Crippen molar-refractivity contribution in [2.24, 2.45) is 0 Å². The molecule has 0 fully saturated rings. The van der Waals surface area contributed by atoms with Gasteiger partial charge in [-0.1, -0.05) is 0 Å². The van der Waals surface area contributed by atoms with E-state index in [2.05, 4.69) is 25.9 Å². The van der Waals surface area contributed by atoms with E-state index in [4.69, 9.17) is 0 Å². The average Bonchev–Trinajstić information content (AvgIpc) is 2.50. The molecule has 2 N–H and O–H groups in total. The van der Waals surface area contributed by atoms with Gasteiger partial charge >= 0.3 is 6.18 Å². The van der Waals surface area contributed by atoms with Crippen molar-refractivity contribution in [2.45, 2.75) is 19.1 Å². The standard InChI is InChI=1S/C7H7BrF3N3O/c1-3(7(9,10)11)13-6(15)5-12-2-4(8)14-5/h2-3H,1H3,(H,12,14)(H,13,15)/t3-/m1/s1. The highest BCUT2D eigenvalue weighted by Crippen LogP contribution is 2.19. The number of hydrogen-bond donors (Lipinski definition) is 2. The van der Waals surface area contributed by atoms with Crippen molar-refractivity contribution in [1.29, 1.82) is 0 Å². The second-order valence-corrected chi connectivity index (χ2v) is 3.67. The van der Waals surface area contributed by atoms with Crippen LogP contribution in [-0.2, 0) is 0 Å². The maximum Gasteiger partial charge on any atom is 0.408 e. The zero-order chi connectivity index (χ0) is 11.6. The highest BCUT2D eigenvalue weighted by Gasteiger charge is 2.37. The molecule has 0 saturated carbocycles. The van der Waals surface area contributed by atoms with E-state index in [1.807, 2.05) is 0 Å². The Morgan fingerprint density at radius 3 is 2.67 bits per heavy atom. The van der Waals surface area contributed by atoms with Crippen molar-refractivity contribution in [2.75, 3.05) is 0 Å². The number of rotatable bonds is 2. The molecule has 1 atom stereocenters. The van der Waals surface area contributed by atoms with Crippen molar-refractivity contribution < 1.29 is 18.0 Å². The van der Waals surface area contributed by atoms with Crippen LogP contribution in [0.1, 0.15) is 17.5 Å². The number of nitrogens with zero attached hydrogens (tertiary/aromatic N) is 1. The van der Waals surface area contributed by atoms with Crippen LogP contribution in [0.5, 0.6) is 0 Å². The number of hydrogen-bond acceptors (Lipinski definition) is 2. The highest BCUT2D eigenvalue weighted by atomic mass is 79.9. The molecule has 1 aromatic heterocycles. The fraction of sp³-hybridized carbons (Fsp3) is 0.429. The molecule has 0 spiro atoms. The summed E-state index contributed by atoms with van der Waals surface area (Å²) < 4.78 is 36.7. The fourth-order valence-electron chi connectivity index (χ4n) is 0.761. The molecule has 0 radical (unpaired) electrons. The summed E-state index contributed by atoms with van der Waals surface area (Å²) in [6.07, 6.45) is -3.17. The first-order valence-corrected chi connectivity index (χ1v) is 4.68. The Bertz CT molecular complexity index is 363. The summed E-state index contributed by atoms with van der Waals surface area (Å²) in [5, 5.41) is 1.77. The van der Waals surface area contributed by atoms with Crippen LogP contribution >= 0.6 is 15.9 Å². The zero-order valence-corrected chi connectivity index (χ0v) is 9.11. The van der Waals surface area contributed by atoms with E-state index in [1.165, 1.54) is 6.20 Å². The maximum absolute atomic E-state index is 12.1. The topological polar surface area (TPSA) is 57.8 Å². The Labute approximate surface area is 91.4 Å². The number of carbonyl (C=O) groups is 1. The van der Waals surface area contributed by atoms with Crippen LogP contribution in [0.3, 0.4) is 0 Å². The molecule has 8 heteroatoms. The van der Waals surface area contributed by atoms with Gasteiger partial charge in [-0.25, -0.2) is 4.98 Å². The van der Waals surface area contributed by atoms with Gasteiger partial charge in [-0.05, 0) is 22.9 Å². The van der Waals surface area contributed by atoms with Crippen molar-refractivity contribution in [3.05, 3.63) is 16.6 Å². The van der Waals surface area contributed by atoms with Gasteiger partial charge in [-0.2, -0.15) is 13.2 Å². The quantitative estimate of drug-likeness (QED) is 0.871. The minimum Gasteiger partial charge on any atom is -0.338 e. The fourth-order valence-corrected chi connectivity index (χ4v) is 1.05. The summed E-state index contributed by atoms with van der Waals surface area (Å²) >= 11 is 2.99. The van der Waals surface area contributed by atoms with Crippen molar-refractivity contribution in [1.82, 2.24) is 15.3 Å². The lowest BCUT2D eigenvalue weighted by atomic mass is 10.3. The molecule has 1 heterocycles. The molecule has 15 heavy (non-hydrogen) atoms. The van der Waals surface area contributed by atoms with Crippen LogP contribution in [0, 0.1) is 0 Å². The molecule has 0 aliphatic carbocycles. The first-order chi connectivity index (χ1) is 6.80.